The fraction of sp³-hybridized carbons (Fsp3) is 0.176. The maximum atomic E-state index is 12.1. The number of carbonyl (C=O) groups excluding carboxylic acids is 1. The second-order valence-electron chi connectivity index (χ2n) is 4.74. The average molecular weight is 295 g/mol. The van der Waals surface area contributed by atoms with Crippen molar-refractivity contribution in [1.29, 1.82) is 5.26 Å². The lowest BCUT2D eigenvalue weighted by Crippen LogP contribution is -2.28. The predicted octanol–water partition coefficient (Wildman–Crippen LogP) is 2.65. The van der Waals surface area contributed by atoms with Gasteiger partial charge in [0.1, 0.15) is 17.4 Å². The van der Waals surface area contributed by atoms with E-state index in [9.17, 15) is 4.79 Å². The van der Waals surface area contributed by atoms with Crippen molar-refractivity contribution in [2.75, 3.05) is 0 Å². The van der Waals surface area contributed by atoms with Gasteiger partial charge in [0.15, 0.2) is 0 Å². The second kappa shape index (κ2) is 7.70. The van der Waals surface area contributed by atoms with E-state index in [0.29, 0.717) is 6.54 Å². The standard InChI is InChI=1S/C17H17N3O2/c1-13(14-6-3-2-4-7-14)20-17(21)15(10-18)11-19-12-16-8-5-9-22-16/h2-9,11,13,19H,12H2,1H3,(H,20,21)/b15-11-. The zero-order valence-electron chi connectivity index (χ0n) is 12.2. The first-order valence-electron chi connectivity index (χ1n) is 6.92. The molecule has 2 N–H and O–H groups in total. The number of nitrogens with one attached hydrogen (secondary N) is 2. The van der Waals surface area contributed by atoms with Crippen molar-refractivity contribution in [3.63, 3.8) is 0 Å². The first kappa shape index (κ1) is 15.4. The molecule has 0 bridgehead atoms. The monoisotopic (exact) mass is 295 g/mol. The SMILES string of the molecule is CC(NC(=O)/C(C#N)=C\NCc1ccco1)c1ccccc1. The molecule has 2 aromatic rings. The van der Waals surface area contributed by atoms with Crippen molar-refractivity contribution in [2.24, 2.45) is 0 Å². The Morgan fingerprint density at radius 3 is 2.73 bits per heavy atom. The minimum absolute atomic E-state index is 0.0225. The van der Waals surface area contributed by atoms with Gasteiger partial charge in [-0.2, -0.15) is 5.26 Å². The molecule has 5 heteroatoms. The quantitative estimate of drug-likeness (QED) is 0.634. The molecule has 0 saturated heterocycles. The van der Waals surface area contributed by atoms with Gasteiger partial charge < -0.3 is 15.1 Å². The van der Waals surface area contributed by atoms with Gasteiger partial charge in [-0.25, -0.2) is 0 Å². The molecule has 1 unspecified atom stereocenters. The molecule has 0 aliphatic carbocycles. The smallest absolute Gasteiger partial charge is 0.263 e. The van der Waals surface area contributed by atoms with Crippen LogP contribution in [0.2, 0.25) is 0 Å². The molecule has 0 fully saturated rings. The van der Waals surface area contributed by atoms with Crippen LogP contribution in [0, 0.1) is 11.3 Å². The first-order chi connectivity index (χ1) is 10.7. The molecular formula is C17H17N3O2. The van der Waals surface area contributed by atoms with Crippen molar-refractivity contribution in [3.8, 4) is 6.07 Å². The van der Waals surface area contributed by atoms with Crippen LogP contribution in [-0.4, -0.2) is 5.91 Å². The highest BCUT2D eigenvalue weighted by Crippen LogP contribution is 2.11. The summed E-state index contributed by atoms with van der Waals surface area (Å²) in [5.41, 5.74) is 1.01. The Kier molecular flexibility index (Phi) is 5.38. The van der Waals surface area contributed by atoms with Crippen molar-refractivity contribution in [1.82, 2.24) is 10.6 Å². The van der Waals surface area contributed by atoms with Crippen molar-refractivity contribution in [3.05, 3.63) is 71.8 Å². The molecule has 1 aromatic carbocycles. The summed E-state index contributed by atoms with van der Waals surface area (Å²) < 4.78 is 5.16. The molecule has 1 amide bonds. The van der Waals surface area contributed by atoms with E-state index < -0.39 is 5.91 Å². The van der Waals surface area contributed by atoms with Gasteiger partial charge in [-0.3, -0.25) is 4.79 Å². The second-order valence-corrected chi connectivity index (χ2v) is 4.74. The lowest BCUT2D eigenvalue weighted by molar-refractivity contribution is -0.117. The Hall–Kier alpha value is -3.00. The van der Waals surface area contributed by atoms with E-state index in [0.717, 1.165) is 11.3 Å². The van der Waals surface area contributed by atoms with Crippen LogP contribution in [0.1, 0.15) is 24.3 Å². The summed E-state index contributed by atoms with van der Waals surface area (Å²) in [6.45, 7) is 2.29. The van der Waals surface area contributed by atoms with Crippen molar-refractivity contribution >= 4 is 5.91 Å². The normalized spacial score (nSPS) is 12.3. The molecule has 0 radical (unpaired) electrons. The van der Waals surface area contributed by atoms with Crippen LogP contribution in [0.5, 0.6) is 0 Å². The highest BCUT2D eigenvalue weighted by atomic mass is 16.3. The molecule has 1 heterocycles. The molecule has 1 aromatic heterocycles. The Balaban J connectivity index is 1.92. The van der Waals surface area contributed by atoms with Crippen LogP contribution < -0.4 is 10.6 Å². The van der Waals surface area contributed by atoms with E-state index >= 15 is 0 Å². The lowest BCUT2D eigenvalue weighted by Gasteiger charge is -2.13. The summed E-state index contributed by atoms with van der Waals surface area (Å²) in [6, 6.07) is 14.9. The minimum atomic E-state index is -0.411. The Morgan fingerprint density at radius 1 is 1.32 bits per heavy atom. The zero-order valence-corrected chi connectivity index (χ0v) is 12.2. The number of rotatable bonds is 6. The Morgan fingerprint density at radius 2 is 2.09 bits per heavy atom. The molecule has 22 heavy (non-hydrogen) atoms. The minimum Gasteiger partial charge on any atom is -0.467 e. The number of hydrogen-bond acceptors (Lipinski definition) is 4. The number of amides is 1. The van der Waals surface area contributed by atoms with Gasteiger partial charge in [0.05, 0.1) is 18.8 Å². The third-order valence-corrected chi connectivity index (χ3v) is 3.12. The molecule has 0 aliphatic heterocycles. The number of hydrogen-bond donors (Lipinski definition) is 2. The van der Waals surface area contributed by atoms with Gasteiger partial charge >= 0.3 is 0 Å². The highest BCUT2D eigenvalue weighted by molar-refractivity contribution is 5.97. The van der Waals surface area contributed by atoms with Gasteiger partial charge in [-0.05, 0) is 24.6 Å². The number of nitrogens with zero attached hydrogens (tertiary/aromatic N) is 1. The number of nitriles is 1. The van der Waals surface area contributed by atoms with Crippen molar-refractivity contribution < 1.29 is 9.21 Å². The summed E-state index contributed by atoms with van der Waals surface area (Å²) >= 11 is 0. The van der Waals surface area contributed by atoms with E-state index in [-0.39, 0.29) is 11.6 Å². The van der Waals surface area contributed by atoms with Crippen LogP contribution in [0.4, 0.5) is 0 Å². The fourth-order valence-corrected chi connectivity index (χ4v) is 1.91. The van der Waals surface area contributed by atoms with E-state index in [1.54, 1.807) is 12.3 Å². The van der Waals surface area contributed by atoms with Crippen LogP contribution in [0.15, 0.2) is 64.9 Å². The average Bonchev–Trinajstić information content (AvgIpc) is 3.05. The number of carbonyl (C=O) groups is 1. The van der Waals surface area contributed by atoms with E-state index in [4.69, 9.17) is 9.68 Å². The van der Waals surface area contributed by atoms with E-state index in [1.165, 1.54) is 6.20 Å². The van der Waals surface area contributed by atoms with Crippen LogP contribution in [0.3, 0.4) is 0 Å². The number of furan rings is 1. The number of benzene rings is 1. The third kappa shape index (κ3) is 4.25. The van der Waals surface area contributed by atoms with Crippen LogP contribution in [0.25, 0.3) is 0 Å². The van der Waals surface area contributed by atoms with Crippen LogP contribution in [-0.2, 0) is 11.3 Å². The van der Waals surface area contributed by atoms with Crippen LogP contribution >= 0.6 is 0 Å². The predicted molar refractivity (Wildman–Crippen MR) is 82.2 cm³/mol. The van der Waals surface area contributed by atoms with Gasteiger partial charge in [-0.15, -0.1) is 0 Å². The molecule has 1 atom stereocenters. The molecule has 0 spiro atoms. The van der Waals surface area contributed by atoms with Gasteiger partial charge in [0.25, 0.3) is 5.91 Å². The highest BCUT2D eigenvalue weighted by Gasteiger charge is 2.13. The van der Waals surface area contributed by atoms with E-state index in [1.807, 2.05) is 49.4 Å². The summed E-state index contributed by atoms with van der Waals surface area (Å²) in [6.07, 6.45) is 2.97. The Labute approximate surface area is 129 Å². The zero-order chi connectivity index (χ0) is 15.8. The molecule has 112 valence electrons. The van der Waals surface area contributed by atoms with Gasteiger partial charge in [0.2, 0.25) is 0 Å². The molecule has 0 saturated carbocycles. The molecule has 5 nitrogen and oxygen atoms in total. The Bertz CT molecular complexity index is 670. The van der Waals surface area contributed by atoms with Gasteiger partial charge in [-0.1, -0.05) is 30.3 Å². The lowest BCUT2D eigenvalue weighted by atomic mass is 10.1. The summed E-state index contributed by atoms with van der Waals surface area (Å²) in [5.74, 6) is 0.317. The topological polar surface area (TPSA) is 78.1 Å². The van der Waals surface area contributed by atoms with Crippen molar-refractivity contribution in [2.45, 2.75) is 19.5 Å². The largest absolute Gasteiger partial charge is 0.467 e. The summed E-state index contributed by atoms with van der Waals surface area (Å²) in [5, 5.41) is 14.8. The third-order valence-electron chi connectivity index (χ3n) is 3.12. The summed E-state index contributed by atoms with van der Waals surface area (Å²) in [7, 11) is 0. The fourth-order valence-electron chi connectivity index (χ4n) is 1.91. The molecule has 2 rings (SSSR count). The first-order valence-corrected chi connectivity index (χ1v) is 6.92. The maximum Gasteiger partial charge on any atom is 0.263 e. The van der Waals surface area contributed by atoms with Gasteiger partial charge in [0, 0.05) is 6.20 Å². The maximum absolute atomic E-state index is 12.1. The summed E-state index contributed by atoms with van der Waals surface area (Å²) in [4.78, 5) is 12.1. The van der Waals surface area contributed by atoms with E-state index in [2.05, 4.69) is 10.6 Å². The molecule has 0 aliphatic rings. The molecular weight excluding hydrogens is 278 g/mol.